The number of hydrogen-bond donors (Lipinski definition) is 3. The molecule has 0 unspecified atom stereocenters. The van der Waals surface area contributed by atoms with Crippen LogP contribution >= 0.6 is 11.6 Å². The first-order valence-corrected chi connectivity index (χ1v) is 11.3. The maximum Gasteiger partial charge on any atom is 0.270 e. The number of ether oxygens (including phenoxy) is 2. The van der Waals surface area contributed by atoms with Crippen molar-refractivity contribution in [2.24, 2.45) is 5.10 Å². The average Bonchev–Trinajstić information content (AvgIpc) is 2.81. The van der Waals surface area contributed by atoms with E-state index in [1.165, 1.54) is 50.8 Å². The Morgan fingerprint density at radius 3 is 2.29 bits per heavy atom. The van der Waals surface area contributed by atoms with Gasteiger partial charge in [-0.2, -0.15) is 5.10 Å². The van der Waals surface area contributed by atoms with Crippen LogP contribution in [0.4, 0.5) is 17.1 Å². The van der Waals surface area contributed by atoms with Gasteiger partial charge in [0.15, 0.2) is 11.5 Å². The van der Waals surface area contributed by atoms with Crippen molar-refractivity contribution in [2.75, 3.05) is 24.4 Å². The minimum atomic E-state index is -4.29. The van der Waals surface area contributed by atoms with Gasteiger partial charge in [-0.25, -0.2) is 8.42 Å². The number of nitrogens with one attached hydrogen (secondary N) is 2. The van der Waals surface area contributed by atoms with Crippen molar-refractivity contribution in [3.8, 4) is 17.2 Å². The quantitative estimate of drug-likeness (QED) is 0.221. The van der Waals surface area contributed by atoms with E-state index in [9.17, 15) is 23.6 Å². The molecule has 0 atom stereocenters. The number of phenolic OH excluding ortho intramolecular Hbond substituents is 1. The van der Waals surface area contributed by atoms with Crippen molar-refractivity contribution in [1.29, 1.82) is 0 Å². The van der Waals surface area contributed by atoms with Gasteiger partial charge in [0.2, 0.25) is 5.75 Å². The number of nitrogens with zero attached hydrogens (tertiary/aromatic N) is 2. The highest BCUT2D eigenvalue weighted by atomic mass is 35.5. The summed E-state index contributed by atoms with van der Waals surface area (Å²) in [4.78, 5) is 10.1. The molecule has 0 amide bonds. The Bertz CT molecular complexity index is 1340. The number of hydrogen-bond acceptors (Lipinski definition) is 9. The van der Waals surface area contributed by atoms with Crippen LogP contribution in [-0.4, -0.2) is 38.9 Å². The van der Waals surface area contributed by atoms with Crippen LogP contribution in [0.5, 0.6) is 17.2 Å². The van der Waals surface area contributed by atoms with E-state index in [1.54, 1.807) is 12.1 Å². The fraction of sp³-hybridized carbons (Fsp3) is 0.0952. The van der Waals surface area contributed by atoms with Crippen molar-refractivity contribution in [2.45, 2.75) is 4.90 Å². The molecule has 0 bridgehead atoms. The highest BCUT2D eigenvalue weighted by Gasteiger charge is 2.23. The minimum Gasteiger partial charge on any atom is -0.502 e. The SMILES string of the molecule is COc1cc(/C=N\Nc2ccc([N+](=O)[O-])cc2S(=O)(=O)Nc2ccccc2Cl)cc(OC)c1O. The molecule has 0 saturated carbocycles. The summed E-state index contributed by atoms with van der Waals surface area (Å²) < 4.78 is 38.6. The number of phenols is 1. The molecule has 11 nitrogen and oxygen atoms in total. The molecule has 0 aliphatic carbocycles. The third-order valence-electron chi connectivity index (χ3n) is 4.48. The lowest BCUT2D eigenvalue weighted by atomic mass is 10.2. The molecule has 0 aliphatic rings. The third-order valence-corrected chi connectivity index (χ3v) is 6.22. The molecule has 3 aromatic carbocycles. The number of para-hydroxylation sites is 1. The Labute approximate surface area is 199 Å². The molecule has 3 N–H and O–H groups in total. The molecule has 178 valence electrons. The second kappa shape index (κ2) is 10.3. The molecule has 0 heterocycles. The number of rotatable bonds is 9. The van der Waals surface area contributed by atoms with E-state index < -0.39 is 25.5 Å². The Hall–Kier alpha value is -4.03. The van der Waals surface area contributed by atoms with Crippen LogP contribution in [-0.2, 0) is 10.0 Å². The molecule has 0 aliphatic heterocycles. The minimum absolute atomic E-state index is 0.0286. The predicted octanol–water partition coefficient (Wildman–Crippen LogP) is 4.22. The van der Waals surface area contributed by atoms with E-state index in [4.69, 9.17) is 21.1 Å². The van der Waals surface area contributed by atoms with E-state index in [0.717, 1.165) is 12.1 Å². The summed E-state index contributed by atoms with van der Waals surface area (Å²) in [6, 6.07) is 12.4. The molecular weight excluding hydrogens is 488 g/mol. The number of halogens is 1. The van der Waals surface area contributed by atoms with Gasteiger partial charge in [-0.1, -0.05) is 23.7 Å². The molecule has 3 aromatic rings. The molecule has 0 saturated heterocycles. The molecule has 0 spiro atoms. The smallest absolute Gasteiger partial charge is 0.270 e. The largest absolute Gasteiger partial charge is 0.502 e. The number of methoxy groups -OCH3 is 2. The van der Waals surface area contributed by atoms with Crippen LogP contribution < -0.4 is 19.6 Å². The number of benzene rings is 3. The normalized spacial score (nSPS) is 11.3. The maximum absolute atomic E-state index is 13.0. The van der Waals surface area contributed by atoms with Gasteiger partial charge in [-0.3, -0.25) is 20.3 Å². The van der Waals surface area contributed by atoms with E-state index in [-0.39, 0.29) is 33.6 Å². The fourth-order valence-electron chi connectivity index (χ4n) is 2.85. The van der Waals surface area contributed by atoms with Crippen molar-refractivity contribution in [1.82, 2.24) is 0 Å². The summed E-state index contributed by atoms with van der Waals surface area (Å²) >= 11 is 6.04. The maximum atomic E-state index is 13.0. The third kappa shape index (κ3) is 5.47. The Morgan fingerprint density at radius 2 is 1.71 bits per heavy atom. The Morgan fingerprint density at radius 1 is 1.06 bits per heavy atom. The van der Waals surface area contributed by atoms with Crippen LogP contribution in [0.15, 0.2) is 64.6 Å². The highest BCUT2D eigenvalue weighted by Crippen LogP contribution is 2.36. The van der Waals surface area contributed by atoms with Gasteiger partial charge in [0.25, 0.3) is 15.7 Å². The number of nitro groups is 1. The zero-order chi connectivity index (χ0) is 24.9. The zero-order valence-electron chi connectivity index (χ0n) is 17.9. The van der Waals surface area contributed by atoms with Gasteiger partial charge in [0, 0.05) is 17.7 Å². The summed E-state index contributed by atoms with van der Waals surface area (Å²) in [5.41, 5.74) is 2.68. The van der Waals surface area contributed by atoms with Gasteiger partial charge in [-0.15, -0.1) is 0 Å². The van der Waals surface area contributed by atoms with Crippen LogP contribution in [0.2, 0.25) is 5.02 Å². The topological polar surface area (TPSA) is 152 Å². The lowest BCUT2D eigenvalue weighted by Crippen LogP contribution is -2.15. The summed E-state index contributed by atoms with van der Waals surface area (Å²) in [5.74, 6) is 0.0937. The van der Waals surface area contributed by atoms with Crippen LogP contribution in [0.25, 0.3) is 0 Å². The standard InChI is InChI=1S/C21H19ClN4O7S/c1-32-18-9-13(10-19(33-2)21(18)27)12-23-24-17-8-7-14(26(28)29)11-20(17)34(30,31)25-16-6-4-3-5-15(16)22/h3-12,24-25,27H,1-2H3/b23-12-. The van der Waals surface area contributed by atoms with E-state index in [2.05, 4.69) is 15.2 Å². The Balaban J connectivity index is 1.96. The summed E-state index contributed by atoms with van der Waals surface area (Å²) in [6.07, 6.45) is 1.32. The zero-order valence-corrected chi connectivity index (χ0v) is 19.4. The molecule has 0 aromatic heterocycles. The number of sulfonamides is 1. The molecule has 0 fully saturated rings. The summed E-state index contributed by atoms with van der Waals surface area (Å²) in [6.45, 7) is 0. The van der Waals surface area contributed by atoms with E-state index >= 15 is 0 Å². The van der Waals surface area contributed by atoms with Crippen LogP contribution in [0.1, 0.15) is 5.56 Å². The van der Waals surface area contributed by atoms with Crippen molar-refractivity contribution >= 4 is 44.9 Å². The first-order chi connectivity index (χ1) is 16.2. The Kier molecular flexibility index (Phi) is 7.44. The molecular formula is C21H19ClN4O7S. The van der Waals surface area contributed by atoms with Gasteiger partial charge >= 0.3 is 0 Å². The number of hydrazone groups is 1. The van der Waals surface area contributed by atoms with Crippen molar-refractivity contribution in [3.05, 3.63) is 75.3 Å². The van der Waals surface area contributed by atoms with Crippen molar-refractivity contribution in [3.63, 3.8) is 0 Å². The second-order valence-electron chi connectivity index (χ2n) is 6.67. The summed E-state index contributed by atoms with van der Waals surface area (Å²) in [5, 5.41) is 25.4. The van der Waals surface area contributed by atoms with Gasteiger partial charge < -0.3 is 14.6 Å². The van der Waals surface area contributed by atoms with E-state index in [0.29, 0.717) is 5.56 Å². The molecule has 13 heteroatoms. The molecule has 3 rings (SSSR count). The lowest BCUT2D eigenvalue weighted by molar-refractivity contribution is -0.385. The van der Waals surface area contributed by atoms with Crippen molar-refractivity contribution < 1.29 is 27.9 Å². The van der Waals surface area contributed by atoms with E-state index in [1.807, 2.05) is 0 Å². The number of aromatic hydroxyl groups is 1. The average molecular weight is 507 g/mol. The highest BCUT2D eigenvalue weighted by molar-refractivity contribution is 7.93. The van der Waals surface area contributed by atoms with Gasteiger partial charge in [0.1, 0.15) is 4.90 Å². The monoisotopic (exact) mass is 506 g/mol. The van der Waals surface area contributed by atoms with Gasteiger partial charge in [-0.05, 0) is 30.3 Å². The molecule has 0 radical (unpaired) electrons. The number of non-ortho nitro benzene ring substituents is 1. The van der Waals surface area contributed by atoms with Crippen LogP contribution in [0, 0.1) is 10.1 Å². The number of anilines is 2. The fourth-order valence-corrected chi connectivity index (χ4v) is 4.34. The first-order valence-electron chi connectivity index (χ1n) is 9.46. The van der Waals surface area contributed by atoms with Crippen LogP contribution in [0.3, 0.4) is 0 Å². The predicted molar refractivity (Wildman–Crippen MR) is 128 cm³/mol. The number of nitro benzene ring substituents is 1. The summed E-state index contributed by atoms with van der Waals surface area (Å²) in [7, 11) is -1.56. The molecule has 34 heavy (non-hydrogen) atoms. The lowest BCUT2D eigenvalue weighted by Gasteiger charge is -2.13. The first kappa shape index (κ1) is 24.6. The second-order valence-corrected chi connectivity index (χ2v) is 8.72. The van der Waals surface area contributed by atoms with Gasteiger partial charge in [0.05, 0.1) is 41.8 Å².